The summed E-state index contributed by atoms with van der Waals surface area (Å²) < 4.78 is 0. The molecule has 0 spiro atoms. The smallest absolute Gasteiger partial charge is 0.0243 e. The summed E-state index contributed by atoms with van der Waals surface area (Å²) in [5.41, 5.74) is 5.77. The molecule has 2 nitrogen and oxygen atoms in total. The quantitative estimate of drug-likeness (QED) is 0.687. The second kappa shape index (κ2) is 7.80. The first-order valence-electron chi connectivity index (χ1n) is 5.27. The van der Waals surface area contributed by atoms with Gasteiger partial charge in [0.15, 0.2) is 0 Å². The minimum Gasteiger partial charge on any atom is -0.329 e. The van der Waals surface area contributed by atoms with Crippen LogP contribution in [0.4, 0.5) is 0 Å². The molecule has 0 aliphatic heterocycles. The van der Waals surface area contributed by atoms with Gasteiger partial charge in [-0.15, -0.1) is 12.4 Å². The zero-order chi connectivity index (χ0) is 9.68. The molecular weight excluding hydrogens is 216 g/mol. The van der Waals surface area contributed by atoms with Gasteiger partial charge < -0.3 is 10.6 Å². The van der Waals surface area contributed by atoms with Gasteiger partial charge in [0.05, 0.1) is 0 Å². The Morgan fingerprint density at radius 1 is 1.50 bits per heavy atom. The molecule has 0 heterocycles. The predicted molar refractivity (Wildman–Crippen MR) is 68.4 cm³/mol. The van der Waals surface area contributed by atoms with Crippen molar-refractivity contribution in [3.8, 4) is 0 Å². The van der Waals surface area contributed by atoms with Gasteiger partial charge >= 0.3 is 0 Å². The summed E-state index contributed by atoms with van der Waals surface area (Å²) in [6.45, 7) is 4.24. The number of halogens is 1. The SMILES string of the molecule is CCSCCN(C)C(CN)C1CC1.Cl. The van der Waals surface area contributed by atoms with E-state index in [4.69, 9.17) is 5.73 Å². The zero-order valence-corrected chi connectivity index (χ0v) is 10.9. The van der Waals surface area contributed by atoms with E-state index in [9.17, 15) is 0 Å². The highest BCUT2D eigenvalue weighted by Gasteiger charge is 2.32. The predicted octanol–water partition coefficient (Wildman–Crippen LogP) is 1.83. The van der Waals surface area contributed by atoms with Crippen LogP contribution in [-0.2, 0) is 0 Å². The molecule has 1 atom stereocenters. The number of nitrogens with two attached hydrogens (primary N) is 1. The van der Waals surface area contributed by atoms with Gasteiger partial charge in [-0.2, -0.15) is 11.8 Å². The second-order valence-electron chi connectivity index (χ2n) is 3.82. The molecule has 0 aromatic carbocycles. The molecule has 4 heteroatoms. The second-order valence-corrected chi connectivity index (χ2v) is 5.21. The van der Waals surface area contributed by atoms with Gasteiger partial charge in [0.1, 0.15) is 0 Å². The minimum absolute atomic E-state index is 0. The lowest BCUT2D eigenvalue weighted by atomic mass is 10.1. The fraction of sp³-hybridized carbons (Fsp3) is 1.00. The molecule has 2 N–H and O–H groups in total. The molecule has 86 valence electrons. The topological polar surface area (TPSA) is 29.3 Å². The summed E-state index contributed by atoms with van der Waals surface area (Å²) in [5.74, 6) is 3.38. The van der Waals surface area contributed by atoms with Crippen LogP contribution in [-0.4, -0.2) is 42.6 Å². The van der Waals surface area contributed by atoms with Crippen LogP contribution >= 0.6 is 24.2 Å². The van der Waals surface area contributed by atoms with E-state index in [-0.39, 0.29) is 12.4 Å². The normalized spacial score (nSPS) is 18.0. The van der Waals surface area contributed by atoms with Gasteiger partial charge in [-0.25, -0.2) is 0 Å². The molecular formula is C10H23ClN2S. The maximum absolute atomic E-state index is 5.77. The third kappa shape index (κ3) is 4.87. The van der Waals surface area contributed by atoms with Crippen LogP contribution in [0.5, 0.6) is 0 Å². The highest BCUT2D eigenvalue weighted by molar-refractivity contribution is 7.99. The van der Waals surface area contributed by atoms with Gasteiger partial charge in [0.25, 0.3) is 0 Å². The van der Waals surface area contributed by atoms with E-state index in [1.54, 1.807) is 0 Å². The highest BCUT2D eigenvalue weighted by Crippen LogP contribution is 2.34. The van der Waals surface area contributed by atoms with Crippen molar-refractivity contribution in [3.63, 3.8) is 0 Å². The fourth-order valence-electron chi connectivity index (χ4n) is 1.73. The molecule has 1 fully saturated rings. The average molecular weight is 239 g/mol. The van der Waals surface area contributed by atoms with Crippen molar-refractivity contribution in [2.75, 3.05) is 31.6 Å². The number of nitrogens with zero attached hydrogens (tertiary/aromatic N) is 1. The molecule has 1 aliphatic carbocycles. The van der Waals surface area contributed by atoms with Crippen molar-refractivity contribution in [1.82, 2.24) is 4.90 Å². The van der Waals surface area contributed by atoms with E-state index < -0.39 is 0 Å². The first-order chi connectivity index (χ1) is 6.29. The molecule has 14 heavy (non-hydrogen) atoms. The van der Waals surface area contributed by atoms with Crippen molar-refractivity contribution in [3.05, 3.63) is 0 Å². The number of thioether (sulfide) groups is 1. The molecule has 0 bridgehead atoms. The fourth-order valence-corrected chi connectivity index (χ4v) is 2.44. The summed E-state index contributed by atoms with van der Waals surface area (Å²) in [4.78, 5) is 2.44. The van der Waals surface area contributed by atoms with Crippen LogP contribution in [0, 0.1) is 5.92 Å². The number of likely N-dealkylation sites (N-methyl/N-ethyl adjacent to an activating group) is 1. The lowest BCUT2D eigenvalue weighted by molar-refractivity contribution is 0.236. The maximum Gasteiger partial charge on any atom is 0.0243 e. The molecule has 1 saturated carbocycles. The highest BCUT2D eigenvalue weighted by atomic mass is 35.5. The van der Waals surface area contributed by atoms with Crippen molar-refractivity contribution in [1.29, 1.82) is 0 Å². The van der Waals surface area contributed by atoms with Crippen LogP contribution in [0.1, 0.15) is 19.8 Å². The summed E-state index contributed by atoms with van der Waals surface area (Å²) >= 11 is 2.01. The van der Waals surface area contributed by atoms with Crippen LogP contribution in [0.25, 0.3) is 0 Å². The number of hydrogen-bond donors (Lipinski definition) is 1. The van der Waals surface area contributed by atoms with Gasteiger partial charge in [0, 0.05) is 24.9 Å². The monoisotopic (exact) mass is 238 g/mol. The Balaban J connectivity index is 0.00000169. The van der Waals surface area contributed by atoms with E-state index in [1.165, 1.54) is 30.9 Å². The first kappa shape index (κ1) is 14.6. The maximum atomic E-state index is 5.77. The lowest BCUT2D eigenvalue weighted by Crippen LogP contribution is -2.40. The van der Waals surface area contributed by atoms with E-state index in [0.29, 0.717) is 6.04 Å². The van der Waals surface area contributed by atoms with Gasteiger partial charge in [-0.1, -0.05) is 6.92 Å². The molecule has 0 aromatic heterocycles. The number of rotatable bonds is 7. The van der Waals surface area contributed by atoms with Crippen molar-refractivity contribution in [2.24, 2.45) is 11.7 Å². The lowest BCUT2D eigenvalue weighted by Gasteiger charge is -2.26. The largest absolute Gasteiger partial charge is 0.329 e. The third-order valence-corrected chi connectivity index (χ3v) is 3.65. The molecule has 0 aromatic rings. The number of hydrogen-bond acceptors (Lipinski definition) is 3. The summed E-state index contributed by atoms with van der Waals surface area (Å²) in [6.07, 6.45) is 2.79. The first-order valence-corrected chi connectivity index (χ1v) is 6.43. The average Bonchev–Trinajstić information content (AvgIpc) is 2.90. The standard InChI is InChI=1S/C10H22N2S.ClH/c1-3-13-7-6-12(2)10(8-11)9-4-5-9;/h9-10H,3-8,11H2,1-2H3;1H. The Kier molecular flexibility index (Phi) is 8.11. The Morgan fingerprint density at radius 3 is 2.57 bits per heavy atom. The molecule has 0 amide bonds. The summed E-state index contributed by atoms with van der Waals surface area (Å²) in [6, 6.07) is 0.650. The van der Waals surface area contributed by atoms with E-state index >= 15 is 0 Å². The van der Waals surface area contributed by atoms with Crippen molar-refractivity contribution >= 4 is 24.2 Å². The van der Waals surface area contributed by atoms with Crippen molar-refractivity contribution < 1.29 is 0 Å². The van der Waals surface area contributed by atoms with E-state index in [2.05, 4.69) is 18.9 Å². The van der Waals surface area contributed by atoms with Gasteiger partial charge in [-0.05, 0) is 31.6 Å². The molecule has 1 aliphatic rings. The Labute approximate surface area is 98.4 Å². The van der Waals surface area contributed by atoms with Crippen LogP contribution < -0.4 is 5.73 Å². The molecule has 1 rings (SSSR count). The Hall–Kier alpha value is 0.560. The Morgan fingerprint density at radius 2 is 2.14 bits per heavy atom. The van der Waals surface area contributed by atoms with Crippen LogP contribution in [0.2, 0.25) is 0 Å². The molecule has 1 unspecified atom stereocenters. The van der Waals surface area contributed by atoms with E-state index in [1.807, 2.05) is 11.8 Å². The van der Waals surface area contributed by atoms with E-state index in [0.717, 1.165) is 12.5 Å². The van der Waals surface area contributed by atoms with Gasteiger partial charge in [-0.3, -0.25) is 0 Å². The van der Waals surface area contributed by atoms with Crippen molar-refractivity contribution in [2.45, 2.75) is 25.8 Å². The van der Waals surface area contributed by atoms with Gasteiger partial charge in [0.2, 0.25) is 0 Å². The third-order valence-electron chi connectivity index (χ3n) is 2.77. The molecule has 0 saturated heterocycles. The van der Waals surface area contributed by atoms with Crippen LogP contribution in [0.3, 0.4) is 0 Å². The van der Waals surface area contributed by atoms with Crippen LogP contribution in [0.15, 0.2) is 0 Å². The minimum atomic E-state index is 0. The summed E-state index contributed by atoms with van der Waals surface area (Å²) in [5, 5.41) is 0. The zero-order valence-electron chi connectivity index (χ0n) is 9.24. The molecule has 0 radical (unpaired) electrons. The Bertz CT molecular complexity index is 142. The summed E-state index contributed by atoms with van der Waals surface area (Å²) in [7, 11) is 2.21.